The van der Waals surface area contributed by atoms with Crippen molar-refractivity contribution >= 4 is 21.6 Å². The van der Waals surface area contributed by atoms with E-state index in [-0.39, 0.29) is 0 Å². The fourth-order valence-corrected chi connectivity index (χ4v) is 3.37. The molecule has 19 heavy (non-hydrogen) atoms. The Bertz CT molecular complexity index is 577. The van der Waals surface area contributed by atoms with E-state index >= 15 is 0 Å². The van der Waals surface area contributed by atoms with Gasteiger partial charge in [-0.15, -0.1) is 0 Å². The van der Waals surface area contributed by atoms with E-state index < -0.39 is 21.2 Å². The summed E-state index contributed by atoms with van der Waals surface area (Å²) in [7, 11) is 0.209. The summed E-state index contributed by atoms with van der Waals surface area (Å²) in [6.45, 7) is 0. The summed E-state index contributed by atoms with van der Waals surface area (Å²) in [6.07, 6.45) is 2.19. The van der Waals surface area contributed by atoms with E-state index in [2.05, 4.69) is 4.72 Å². The van der Waals surface area contributed by atoms with Gasteiger partial charge >= 0.3 is 0 Å². The molecule has 0 aliphatic heterocycles. The highest BCUT2D eigenvalue weighted by Gasteiger charge is 2.32. The number of amides is 1. The van der Waals surface area contributed by atoms with Crippen LogP contribution in [-0.4, -0.2) is 33.7 Å². The van der Waals surface area contributed by atoms with Crippen LogP contribution in [0.4, 0.5) is 5.69 Å². The molecule has 0 radical (unpaired) electrons. The monoisotopic (exact) mass is 282 g/mol. The molecule has 6 heteroatoms. The largest absolute Gasteiger partial charge is 0.378 e. The van der Waals surface area contributed by atoms with Crippen LogP contribution >= 0.6 is 0 Å². The smallest absolute Gasteiger partial charge is 0.264 e. The highest BCUT2D eigenvalue weighted by molar-refractivity contribution is 7.90. The summed E-state index contributed by atoms with van der Waals surface area (Å²) in [5.74, 6) is -0.560. The average molecular weight is 282 g/mol. The normalized spacial score (nSPS) is 15.7. The zero-order chi connectivity index (χ0) is 14.0. The molecular weight excluding hydrogens is 264 g/mol. The number of benzene rings is 1. The van der Waals surface area contributed by atoms with Crippen LogP contribution in [0.2, 0.25) is 0 Å². The standard InChI is InChI=1S/C13H18N2O3S/c1-15(2)11-6-3-5-10(9-11)13(16)14-19(17,18)12-7-4-8-12/h3,5-6,9,12H,4,7-8H2,1-2H3,(H,14,16). The maximum absolute atomic E-state index is 12.0. The van der Waals surface area contributed by atoms with Gasteiger partial charge in [0.05, 0.1) is 5.25 Å². The number of carbonyl (C=O) groups is 1. The molecule has 1 aliphatic rings. The van der Waals surface area contributed by atoms with Crippen molar-refractivity contribution in [1.29, 1.82) is 0 Å². The van der Waals surface area contributed by atoms with Crippen molar-refractivity contribution in [1.82, 2.24) is 4.72 Å². The second kappa shape index (κ2) is 5.21. The number of sulfonamides is 1. The van der Waals surface area contributed by atoms with Crippen LogP contribution in [0.1, 0.15) is 29.6 Å². The first-order valence-corrected chi connectivity index (χ1v) is 7.78. The summed E-state index contributed by atoms with van der Waals surface area (Å²) in [6, 6.07) is 6.88. The van der Waals surface area contributed by atoms with E-state index in [1.165, 1.54) is 0 Å². The van der Waals surface area contributed by atoms with Crippen LogP contribution in [0.5, 0.6) is 0 Å². The summed E-state index contributed by atoms with van der Waals surface area (Å²) in [5, 5.41) is -0.409. The third-order valence-electron chi connectivity index (χ3n) is 3.35. The van der Waals surface area contributed by atoms with Gasteiger partial charge in [-0.1, -0.05) is 12.5 Å². The van der Waals surface area contributed by atoms with E-state index in [0.717, 1.165) is 12.1 Å². The van der Waals surface area contributed by atoms with Gasteiger partial charge in [0.2, 0.25) is 10.0 Å². The molecule has 0 atom stereocenters. The van der Waals surface area contributed by atoms with Gasteiger partial charge in [-0.3, -0.25) is 4.79 Å². The maximum atomic E-state index is 12.0. The second-order valence-corrected chi connectivity index (χ2v) is 6.93. The first-order chi connectivity index (χ1) is 8.90. The molecule has 0 unspecified atom stereocenters. The molecule has 0 bridgehead atoms. The van der Waals surface area contributed by atoms with Gasteiger partial charge < -0.3 is 4.90 Å². The van der Waals surface area contributed by atoms with Crippen molar-refractivity contribution in [2.75, 3.05) is 19.0 Å². The number of nitrogens with zero attached hydrogens (tertiary/aromatic N) is 1. The Labute approximate surface area is 113 Å². The fourth-order valence-electron chi connectivity index (χ4n) is 1.88. The van der Waals surface area contributed by atoms with Crippen molar-refractivity contribution < 1.29 is 13.2 Å². The summed E-state index contributed by atoms with van der Waals surface area (Å²) < 4.78 is 25.9. The Morgan fingerprint density at radius 1 is 1.32 bits per heavy atom. The zero-order valence-electron chi connectivity index (χ0n) is 11.1. The number of hydrogen-bond acceptors (Lipinski definition) is 4. The topological polar surface area (TPSA) is 66.5 Å². The minimum absolute atomic E-state index is 0.356. The molecule has 1 N–H and O–H groups in total. The highest BCUT2D eigenvalue weighted by Crippen LogP contribution is 2.25. The van der Waals surface area contributed by atoms with Gasteiger partial charge in [-0.25, -0.2) is 13.1 Å². The number of carbonyl (C=O) groups excluding carboxylic acids is 1. The molecule has 2 rings (SSSR count). The Kier molecular flexibility index (Phi) is 3.80. The first-order valence-electron chi connectivity index (χ1n) is 6.23. The van der Waals surface area contributed by atoms with Crippen LogP contribution in [0.25, 0.3) is 0 Å². The van der Waals surface area contributed by atoms with E-state index in [9.17, 15) is 13.2 Å². The molecule has 0 spiro atoms. The summed E-state index contributed by atoms with van der Waals surface area (Å²) >= 11 is 0. The fraction of sp³-hybridized carbons (Fsp3) is 0.462. The van der Waals surface area contributed by atoms with Gasteiger partial charge in [0.25, 0.3) is 5.91 Å². The van der Waals surface area contributed by atoms with Gasteiger partial charge in [0.15, 0.2) is 0 Å². The molecule has 1 saturated carbocycles. The van der Waals surface area contributed by atoms with E-state index in [1.54, 1.807) is 18.2 Å². The summed E-state index contributed by atoms with van der Waals surface area (Å²) in [5.41, 5.74) is 1.21. The van der Waals surface area contributed by atoms with Crippen molar-refractivity contribution in [3.63, 3.8) is 0 Å². The Hall–Kier alpha value is -1.56. The molecule has 0 saturated heterocycles. The SMILES string of the molecule is CN(C)c1cccc(C(=O)NS(=O)(=O)C2CCC2)c1. The van der Waals surface area contributed by atoms with Gasteiger partial charge in [0.1, 0.15) is 0 Å². The van der Waals surface area contributed by atoms with Crippen molar-refractivity contribution in [3.8, 4) is 0 Å². The Balaban J connectivity index is 2.13. The third-order valence-corrected chi connectivity index (χ3v) is 5.17. The predicted octanol–water partition coefficient (Wildman–Crippen LogP) is 1.36. The highest BCUT2D eigenvalue weighted by atomic mass is 32.2. The van der Waals surface area contributed by atoms with Crippen LogP contribution in [0, 0.1) is 0 Å². The molecule has 5 nitrogen and oxygen atoms in total. The minimum Gasteiger partial charge on any atom is -0.378 e. The third kappa shape index (κ3) is 3.07. The lowest BCUT2D eigenvalue weighted by Crippen LogP contribution is -2.41. The lowest BCUT2D eigenvalue weighted by molar-refractivity contribution is 0.0980. The molecule has 1 aromatic rings. The first kappa shape index (κ1) is 13.9. The number of rotatable bonds is 4. The number of anilines is 1. The van der Waals surface area contributed by atoms with Crippen LogP contribution < -0.4 is 9.62 Å². The quantitative estimate of drug-likeness (QED) is 0.905. The Morgan fingerprint density at radius 2 is 2.00 bits per heavy atom. The molecule has 1 aromatic carbocycles. The van der Waals surface area contributed by atoms with Crippen LogP contribution in [0.15, 0.2) is 24.3 Å². The number of hydrogen-bond donors (Lipinski definition) is 1. The second-order valence-electron chi connectivity index (χ2n) is 4.97. The minimum atomic E-state index is -3.52. The van der Waals surface area contributed by atoms with Crippen molar-refractivity contribution in [2.24, 2.45) is 0 Å². The van der Waals surface area contributed by atoms with Crippen LogP contribution in [-0.2, 0) is 10.0 Å². The molecule has 0 aromatic heterocycles. The molecule has 0 heterocycles. The van der Waals surface area contributed by atoms with Gasteiger partial charge in [-0.2, -0.15) is 0 Å². The van der Waals surface area contributed by atoms with Gasteiger partial charge in [0, 0.05) is 25.3 Å². The van der Waals surface area contributed by atoms with Gasteiger partial charge in [-0.05, 0) is 31.0 Å². The zero-order valence-corrected chi connectivity index (χ0v) is 11.9. The Morgan fingerprint density at radius 3 is 2.53 bits per heavy atom. The molecule has 1 amide bonds. The van der Waals surface area contributed by atoms with E-state index in [4.69, 9.17) is 0 Å². The van der Waals surface area contributed by atoms with E-state index in [0.29, 0.717) is 18.4 Å². The molecule has 1 aliphatic carbocycles. The predicted molar refractivity (Wildman–Crippen MR) is 74.8 cm³/mol. The molecule has 104 valence electrons. The van der Waals surface area contributed by atoms with E-state index in [1.807, 2.05) is 25.1 Å². The average Bonchev–Trinajstić information content (AvgIpc) is 2.25. The lowest BCUT2D eigenvalue weighted by Gasteiger charge is -2.25. The van der Waals surface area contributed by atoms with Crippen molar-refractivity contribution in [3.05, 3.63) is 29.8 Å². The van der Waals surface area contributed by atoms with Crippen LogP contribution in [0.3, 0.4) is 0 Å². The maximum Gasteiger partial charge on any atom is 0.264 e. The van der Waals surface area contributed by atoms with Crippen molar-refractivity contribution in [2.45, 2.75) is 24.5 Å². The molecule has 1 fully saturated rings. The molecular formula is C13H18N2O3S. The number of nitrogens with one attached hydrogen (secondary N) is 1. The lowest BCUT2D eigenvalue weighted by atomic mass is 10.0. The summed E-state index contributed by atoms with van der Waals surface area (Å²) in [4.78, 5) is 13.8.